The van der Waals surface area contributed by atoms with Gasteiger partial charge in [-0.2, -0.15) is 0 Å². The van der Waals surface area contributed by atoms with Crippen LogP contribution in [-0.4, -0.2) is 22.6 Å². The lowest BCUT2D eigenvalue weighted by molar-refractivity contribution is 0.217. The average Bonchev–Trinajstić information content (AvgIpc) is 2.25. The smallest absolute Gasteiger partial charge is 0.238 e. The molecule has 1 aliphatic heterocycles. The van der Waals surface area contributed by atoms with Crippen LogP contribution >= 0.6 is 22.6 Å². The molecule has 0 amide bonds. The second-order valence-corrected chi connectivity index (χ2v) is 4.11. The first-order valence-corrected chi connectivity index (χ1v) is 5.22. The predicted octanol–water partition coefficient (Wildman–Crippen LogP) is 0.952. The van der Waals surface area contributed by atoms with Crippen molar-refractivity contribution < 1.29 is 4.74 Å². The predicted molar refractivity (Wildman–Crippen MR) is 56.5 cm³/mol. The summed E-state index contributed by atoms with van der Waals surface area (Å²) in [6.07, 6.45) is 1.91. The van der Waals surface area contributed by atoms with E-state index in [1.807, 2.05) is 6.92 Å². The highest BCUT2D eigenvalue weighted by Gasteiger charge is 2.15. The number of ether oxygens (including phenoxy) is 1. The largest absolute Gasteiger partial charge is 0.472 e. The molecule has 0 spiro atoms. The number of rotatable bonds is 0. The van der Waals surface area contributed by atoms with Crippen LogP contribution in [0.15, 0.2) is 6.20 Å². The summed E-state index contributed by atoms with van der Waals surface area (Å²) >= 11 is 2.13. The fourth-order valence-corrected chi connectivity index (χ4v) is 1.58. The Morgan fingerprint density at radius 3 is 3.38 bits per heavy atom. The average molecular weight is 291 g/mol. The third kappa shape index (κ3) is 2.08. The monoisotopic (exact) mass is 291 g/mol. The molecule has 1 atom stereocenters. The quantitative estimate of drug-likeness (QED) is 0.723. The Balaban J connectivity index is 2.35. The number of nitrogens with zero attached hydrogens (tertiary/aromatic N) is 2. The van der Waals surface area contributed by atoms with E-state index in [2.05, 4.69) is 37.9 Å². The Morgan fingerprint density at radius 1 is 1.69 bits per heavy atom. The van der Waals surface area contributed by atoms with E-state index >= 15 is 0 Å². The van der Waals surface area contributed by atoms with Gasteiger partial charge in [-0.3, -0.25) is 4.98 Å². The van der Waals surface area contributed by atoms with Crippen molar-refractivity contribution in [1.29, 1.82) is 0 Å². The third-order valence-corrected chi connectivity index (χ3v) is 2.34. The summed E-state index contributed by atoms with van der Waals surface area (Å²) in [5.74, 6) is 0.671. The molecular formula is C8H10IN3O. The second-order valence-electron chi connectivity index (χ2n) is 3.00. The first-order chi connectivity index (χ1) is 6.25. The van der Waals surface area contributed by atoms with E-state index in [9.17, 15) is 0 Å². The van der Waals surface area contributed by atoms with Gasteiger partial charge in [0, 0.05) is 13.1 Å². The maximum atomic E-state index is 5.60. The maximum absolute atomic E-state index is 5.60. The summed E-state index contributed by atoms with van der Waals surface area (Å²) in [7, 11) is 0. The molecule has 13 heavy (non-hydrogen) atoms. The Hall–Kier alpha value is -0.430. The van der Waals surface area contributed by atoms with Crippen molar-refractivity contribution in [2.75, 3.05) is 6.54 Å². The summed E-state index contributed by atoms with van der Waals surface area (Å²) < 4.78 is 6.46. The highest BCUT2D eigenvalue weighted by atomic mass is 127. The lowest BCUT2D eigenvalue weighted by atomic mass is 10.4. The van der Waals surface area contributed by atoms with Gasteiger partial charge in [-0.05, 0) is 29.5 Å². The molecule has 0 unspecified atom stereocenters. The highest BCUT2D eigenvalue weighted by molar-refractivity contribution is 14.1. The summed E-state index contributed by atoms with van der Waals surface area (Å²) in [6.45, 7) is 3.60. The molecule has 5 heteroatoms. The van der Waals surface area contributed by atoms with Crippen LogP contribution in [0.3, 0.4) is 0 Å². The first-order valence-electron chi connectivity index (χ1n) is 4.14. The Kier molecular flexibility index (Phi) is 2.63. The van der Waals surface area contributed by atoms with Crippen LogP contribution in [0.5, 0.6) is 5.88 Å². The van der Waals surface area contributed by atoms with E-state index in [0.717, 1.165) is 22.5 Å². The molecule has 1 aromatic rings. The number of fused-ring (bicyclic) bond motifs is 1. The van der Waals surface area contributed by atoms with Crippen LogP contribution in [0.1, 0.15) is 12.6 Å². The number of nitrogens with one attached hydrogen (secondary N) is 1. The van der Waals surface area contributed by atoms with Gasteiger partial charge in [-0.1, -0.05) is 0 Å². The van der Waals surface area contributed by atoms with Crippen molar-refractivity contribution in [3.8, 4) is 5.88 Å². The van der Waals surface area contributed by atoms with Gasteiger partial charge in [0.2, 0.25) is 5.88 Å². The van der Waals surface area contributed by atoms with Gasteiger partial charge in [-0.25, -0.2) is 4.98 Å². The van der Waals surface area contributed by atoms with E-state index in [1.54, 1.807) is 6.20 Å². The normalized spacial score (nSPS) is 21.5. The zero-order valence-electron chi connectivity index (χ0n) is 7.25. The molecule has 1 aliphatic rings. The number of hydrogen-bond acceptors (Lipinski definition) is 4. The molecule has 1 aromatic heterocycles. The first kappa shape index (κ1) is 9.14. The van der Waals surface area contributed by atoms with Gasteiger partial charge in [0.15, 0.2) is 0 Å². The van der Waals surface area contributed by atoms with E-state index in [4.69, 9.17) is 4.74 Å². The summed E-state index contributed by atoms with van der Waals surface area (Å²) in [4.78, 5) is 8.54. The highest BCUT2D eigenvalue weighted by Crippen LogP contribution is 2.17. The van der Waals surface area contributed by atoms with Crippen LogP contribution in [0, 0.1) is 3.70 Å². The molecular weight excluding hydrogens is 281 g/mol. The Bertz CT molecular complexity index is 318. The number of aromatic nitrogens is 2. The Labute approximate surface area is 90.2 Å². The molecule has 1 N–H and O–H groups in total. The lowest BCUT2D eigenvalue weighted by Gasteiger charge is -2.09. The number of hydrogen-bond donors (Lipinski definition) is 1. The molecule has 0 bridgehead atoms. The minimum absolute atomic E-state index is 0.161. The van der Waals surface area contributed by atoms with Gasteiger partial charge in [0.05, 0.1) is 6.20 Å². The van der Waals surface area contributed by atoms with Crippen LogP contribution in [-0.2, 0) is 6.54 Å². The van der Waals surface area contributed by atoms with Crippen molar-refractivity contribution in [2.45, 2.75) is 19.6 Å². The summed E-state index contributed by atoms with van der Waals surface area (Å²) in [5.41, 5.74) is 0.893. The molecule has 2 rings (SSSR count). The Morgan fingerprint density at radius 2 is 2.54 bits per heavy atom. The fraction of sp³-hybridized carbons (Fsp3) is 0.500. The standard InChI is InChI=1S/C8H10IN3O/c1-5-2-10-3-6-8(13-5)12-7(9)4-11-6/h4-5,10H,2-3H2,1H3/t5-/m0/s1. The van der Waals surface area contributed by atoms with Crippen LogP contribution in [0.4, 0.5) is 0 Å². The van der Waals surface area contributed by atoms with E-state index in [-0.39, 0.29) is 6.10 Å². The van der Waals surface area contributed by atoms with Crippen LogP contribution in [0.2, 0.25) is 0 Å². The topological polar surface area (TPSA) is 47.0 Å². The fourth-order valence-electron chi connectivity index (χ4n) is 1.22. The molecule has 0 saturated heterocycles. The van der Waals surface area contributed by atoms with Crippen LogP contribution < -0.4 is 10.1 Å². The molecule has 2 heterocycles. The summed E-state index contributed by atoms with van der Waals surface area (Å²) in [6, 6.07) is 0. The van der Waals surface area contributed by atoms with E-state index in [0.29, 0.717) is 5.88 Å². The number of halogens is 1. The molecule has 0 saturated carbocycles. The minimum atomic E-state index is 0.161. The van der Waals surface area contributed by atoms with Gasteiger partial charge in [0.1, 0.15) is 15.5 Å². The van der Waals surface area contributed by atoms with Crippen LogP contribution in [0.25, 0.3) is 0 Å². The SMILES string of the molecule is C[C@H]1CNCc2ncc(I)nc2O1. The van der Waals surface area contributed by atoms with Gasteiger partial charge in [-0.15, -0.1) is 0 Å². The van der Waals surface area contributed by atoms with Gasteiger partial charge >= 0.3 is 0 Å². The third-order valence-electron chi connectivity index (χ3n) is 1.82. The minimum Gasteiger partial charge on any atom is -0.472 e. The van der Waals surface area contributed by atoms with E-state index in [1.165, 1.54) is 0 Å². The van der Waals surface area contributed by atoms with Crippen molar-refractivity contribution >= 4 is 22.6 Å². The maximum Gasteiger partial charge on any atom is 0.238 e. The van der Waals surface area contributed by atoms with Crippen molar-refractivity contribution in [3.05, 3.63) is 15.6 Å². The molecule has 70 valence electrons. The van der Waals surface area contributed by atoms with Crippen molar-refractivity contribution in [3.63, 3.8) is 0 Å². The zero-order chi connectivity index (χ0) is 9.26. The summed E-state index contributed by atoms with van der Waals surface area (Å²) in [5, 5.41) is 3.24. The second kappa shape index (κ2) is 3.75. The van der Waals surface area contributed by atoms with E-state index < -0.39 is 0 Å². The molecule has 0 fully saturated rings. The lowest BCUT2D eigenvalue weighted by Crippen LogP contribution is -2.25. The van der Waals surface area contributed by atoms with Gasteiger partial charge < -0.3 is 10.1 Å². The zero-order valence-corrected chi connectivity index (χ0v) is 9.41. The van der Waals surface area contributed by atoms with Gasteiger partial charge in [0.25, 0.3) is 0 Å². The van der Waals surface area contributed by atoms with Crippen molar-refractivity contribution in [2.24, 2.45) is 0 Å². The molecule has 0 radical (unpaired) electrons. The molecule has 0 aliphatic carbocycles. The molecule has 4 nitrogen and oxygen atoms in total. The van der Waals surface area contributed by atoms with Crippen molar-refractivity contribution in [1.82, 2.24) is 15.3 Å². The molecule has 0 aromatic carbocycles.